The molecular weight excluding hydrogens is 362 g/mol. The first-order chi connectivity index (χ1) is 8.27. The number of ether oxygens (including phenoxy) is 1. The van der Waals surface area contributed by atoms with Crippen LogP contribution in [0.3, 0.4) is 0 Å². The second-order valence-corrected chi connectivity index (χ2v) is 6.54. The van der Waals surface area contributed by atoms with Crippen molar-refractivity contribution in [2.24, 2.45) is 5.41 Å². The number of halogens is 2. The molecular formula is C13H17Br2NO2. The van der Waals surface area contributed by atoms with Crippen LogP contribution in [0.5, 0.6) is 0 Å². The first-order valence-corrected chi connectivity index (χ1v) is 7.14. The van der Waals surface area contributed by atoms with Crippen molar-refractivity contribution >= 4 is 43.5 Å². The predicted octanol–water partition coefficient (Wildman–Crippen LogP) is 4.13. The van der Waals surface area contributed by atoms with Gasteiger partial charge in [0.05, 0.1) is 18.2 Å². The molecule has 0 radical (unpaired) electrons. The Hall–Kier alpha value is -0.550. The second kappa shape index (κ2) is 6.06. The van der Waals surface area contributed by atoms with E-state index >= 15 is 0 Å². The van der Waals surface area contributed by atoms with Crippen LogP contribution >= 0.6 is 31.9 Å². The third-order valence-electron chi connectivity index (χ3n) is 2.63. The lowest BCUT2D eigenvalue weighted by atomic mass is 9.93. The van der Waals surface area contributed by atoms with Gasteiger partial charge in [0.2, 0.25) is 0 Å². The minimum Gasteiger partial charge on any atom is -0.469 e. The topological polar surface area (TPSA) is 38.3 Å². The van der Waals surface area contributed by atoms with Crippen LogP contribution in [-0.4, -0.2) is 19.6 Å². The van der Waals surface area contributed by atoms with Crippen LogP contribution in [0.4, 0.5) is 5.69 Å². The van der Waals surface area contributed by atoms with Crippen molar-refractivity contribution in [1.29, 1.82) is 0 Å². The lowest BCUT2D eigenvalue weighted by molar-refractivity contribution is -0.149. The van der Waals surface area contributed by atoms with Gasteiger partial charge in [-0.25, -0.2) is 0 Å². The van der Waals surface area contributed by atoms with Gasteiger partial charge in [-0.05, 0) is 70.3 Å². The molecule has 0 spiro atoms. The van der Waals surface area contributed by atoms with E-state index in [0.29, 0.717) is 6.54 Å². The maximum Gasteiger partial charge on any atom is 0.313 e. The Balaban J connectivity index is 2.84. The third-order valence-corrected chi connectivity index (χ3v) is 3.88. The number of benzene rings is 1. The van der Waals surface area contributed by atoms with Gasteiger partial charge in [-0.15, -0.1) is 0 Å². The van der Waals surface area contributed by atoms with Crippen LogP contribution in [0.15, 0.2) is 21.1 Å². The monoisotopic (exact) mass is 377 g/mol. The van der Waals surface area contributed by atoms with Gasteiger partial charge in [0.25, 0.3) is 0 Å². The van der Waals surface area contributed by atoms with Crippen molar-refractivity contribution in [3.8, 4) is 0 Å². The molecule has 1 aromatic rings. The highest BCUT2D eigenvalue weighted by atomic mass is 79.9. The van der Waals surface area contributed by atoms with E-state index < -0.39 is 5.41 Å². The van der Waals surface area contributed by atoms with E-state index in [1.807, 2.05) is 32.9 Å². The lowest BCUT2D eigenvalue weighted by Gasteiger charge is -2.23. The highest BCUT2D eigenvalue weighted by Crippen LogP contribution is 2.33. The fraction of sp³-hybridized carbons (Fsp3) is 0.462. The number of anilines is 1. The number of carbonyl (C=O) groups is 1. The standard InChI is InChI=1S/C13H17Br2NO2/c1-8-5-9(14)11(10(15)6-8)16-7-13(2,3)12(17)18-4/h5-6,16H,7H2,1-4H3. The highest BCUT2D eigenvalue weighted by Gasteiger charge is 2.28. The van der Waals surface area contributed by atoms with E-state index in [0.717, 1.165) is 20.2 Å². The number of carbonyl (C=O) groups excluding carboxylic acids is 1. The normalized spacial score (nSPS) is 11.2. The number of nitrogens with one attached hydrogen (secondary N) is 1. The smallest absolute Gasteiger partial charge is 0.313 e. The first-order valence-electron chi connectivity index (χ1n) is 5.56. The van der Waals surface area contributed by atoms with Crippen molar-refractivity contribution in [2.75, 3.05) is 19.0 Å². The zero-order chi connectivity index (χ0) is 13.9. The third kappa shape index (κ3) is 3.72. The molecule has 0 aliphatic rings. The number of methoxy groups -OCH3 is 1. The van der Waals surface area contributed by atoms with Crippen molar-refractivity contribution in [2.45, 2.75) is 20.8 Å². The van der Waals surface area contributed by atoms with Crippen molar-refractivity contribution < 1.29 is 9.53 Å². The van der Waals surface area contributed by atoms with Crippen molar-refractivity contribution in [3.05, 3.63) is 26.6 Å². The summed E-state index contributed by atoms with van der Waals surface area (Å²) >= 11 is 7.02. The number of aryl methyl sites for hydroxylation is 1. The average molecular weight is 379 g/mol. The maximum absolute atomic E-state index is 11.6. The SMILES string of the molecule is COC(=O)C(C)(C)CNc1c(Br)cc(C)cc1Br. The molecule has 18 heavy (non-hydrogen) atoms. The molecule has 0 saturated heterocycles. The Morgan fingerprint density at radius 1 is 1.33 bits per heavy atom. The molecule has 1 N–H and O–H groups in total. The summed E-state index contributed by atoms with van der Waals surface area (Å²) in [5.74, 6) is -0.227. The van der Waals surface area contributed by atoms with Crippen LogP contribution in [0.1, 0.15) is 19.4 Å². The number of rotatable bonds is 4. The maximum atomic E-state index is 11.6. The Morgan fingerprint density at radius 2 is 1.83 bits per heavy atom. The molecule has 1 rings (SSSR count). The fourth-order valence-electron chi connectivity index (χ4n) is 1.53. The van der Waals surface area contributed by atoms with Gasteiger partial charge in [0.1, 0.15) is 0 Å². The molecule has 0 amide bonds. The summed E-state index contributed by atoms with van der Waals surface area (Å²) in [5.41, 5.74) is 1.53. The molecule has 1 aromatic carbocycles. The lowest BCUT2D eigenvalue weighted by Crippen LogP contribution is -2.33. The van der Waals surface area contributed by atoms with Crippen LogP contribution in [0.25, 0.3) is 0 Å². The molecule has 0 aromatic heterocycles. The number of esters is 1. The number of hydrogen-bond acceptors (Lipinski definition) is 3. The molecule has 100 valence electrons. The van der Waals surface area contributed by atoms with Gasteiger partial charge in [0, 0.05) is 15.5 Å². The van der Waals surface area contributed by atoms with Crippen LogP contribution < -0.4 is 5.32 Å². The van der Waals surface area contributed by atoms with E-state index in [9.17, 15) is 4.79 Å². The number of hydrogen-bond donors (Lipinski definition) is 1. The Bertz CT molecular complexity index is 435. The molecule has 0 aliphatic heterocycles. The van der Waals surface area contributed by atoms with Crippen molar-refractivity contribution in [3.63, 3.8) is 0 Å². The zero-order valence-corrected chi connectivity index (χ0v) is 14.1. The molecule has 0 unspecified atom stereocenters. The second-order valence-electron chi connectivity index (χ2n) is 4.83. The first kappa shape index (κ1) is 15.5. The molecule has 5 heteroatoms. The quantitative estimate of drug-likeness (QED) is 0.800. The summed E-state index contributed by atoms with van der Waals surface area (Å²) in [7, 11) is 1.40. The predicted molar refractivity (Wildman–Crippen MR) is 80.9 cm³/mol. The van der Waals surface area contributed by atoms with Gasteiger partial charge in [-0.1, -0.05) is 0 Å². The van der Waals surface area contributed by atoms with E-state index in [4.69, 9.17) is 4.74 Å². The molecule has 0 aliphatic carbocycles. The summed E-state index contributed by atoms with van der Waals surface area (Å²) in [6.07, 6.45) is 0. The van der Waals surface area contributed by atoms with Crippen LogP contribution in [-0.2, 0) is 9.53 Å². The zero-order valence-electron chi connectivity index (χ0n) is 10.9. The van der Waals surface area contributed by atoms with E-state index in [-0.39, 0.29) is 5.97 Å². The summed E-state index contributed by atoms with van der Waals surface area (Å²) in [6.45, 7) is 6.22. The largest absolute Gasteiger partial charge is 0.469 e. The molecule has 0 heterocycles. The minimum absolute atomic E-state index is 0.227. The Kier molecular flexibility index (Phi) is 5.22. The molecule has 0 fully saturated rings. The highest BCUT2D eigenvalue weighted by molar-refractivity contribution is 9.11. The van der Waals surface area contributed by atoms with E-state index in [1.165, 1.54) is 7.11 Å². The van der Waals surface area contributed by atoms with Crippen molar-refractivity contribution in [1.82, 2.24) is 0 Å². The summed E-state index contributed by atoms with van der Waals surface area (Å²) in [5, 5.41) is 3.27. The average Bonchev–Trinajstić information content (AvgIpc) is 2.26. The van der Waals surface area contributed by atoms with Gasteiger partial charge in [-0.3, -0.25) is 4.79 Å². The summed E-state index contributed by atoms with van der Waals surface area (Å²) < 4.78 is 6.72. The van der Waals surface area contributed by atoms with E-state index in [1.54, 1.807) is 0 Å². The van der Waals surface area contributed by atoms with Gasteiger partial charge in [0.15, 0.2) is 0 Å². The summed E-state index contributed by atoms with van der Waals surface area (Å²) in [4.78, 5) is 11.6. The van der Waals surface area contributed by atoms with Gasteiger partial charge >= 0.3 is 5.97 Å². The van der Waals surface area contributed by atoms with Crippen LogP contribution in [0.2, 0.25) is 0 Å². The van der Waals surface area contributed by atoms with Gasteiger partial charge < -0.3 is 10.1 Å². The summed E-state index contributed by atoms with van der Waals surface area (Å²) in [6, 6.07) is 4.05. The van der Waals surface area contributed by atoms with E-state index in [2.05, 4.69) is 37.2 Å². The Morgan fingerprint density at radius 3 is 2.28 bits per heavy atom. The molecule has 0 bridgehead atoms. The molecule has 0 atom stereocenters. The fourth-order valence-corrected chi connectivity index (χ4v) is 3.22. The molecule has 3 nitrogen and oxygen atoms in total. The minimum atomic E-state index is -0.571. The van der Waals surface area contributed by atoms with Gasteiger partial charge in [-0.2, -0.15) is 0 Å². The van der Waals surface area contributed by atoms with Crippen LogP contribution in [0, 0.1) is 12.3 Å². The molecule has 0 saturated carbocycles. The Labute approximate surface area is 125 Å².